The highest BCUT2D eigenvalue weighted by atomic mass is 16.5. The molecule has 4 nitrogen and oxygen atoms in total. The Morgan fingerprint density at radius 2 is 1.09 bits per heavy atom. The van der Waals surface area contributed by atoms with Crippen LogP contribution in [0.3, 0.4) is 0 Å². The zero-order valence-corrected chi connectivity index (χ0v) is 27.3. The number of anilines is 3. The van der Waals surface area contributed by atoms with Crippen molar-refractivity contribution in [3.05, 3.63) is 146 Å². The predicted molar refractivity (Wildman–Crippen MR) is 198 cm³/mol. The largest absolute Gasteiger partial charge is 0.455 e. The summed E-state index contributed by atoms with van der Waals surface area (Å²) in [6.45, 7) is 7.39. The maximum atomic E-state index is 10.5. The molecule has 0 fully saturated rings. The van der Waals surface area contributed by atoms with Crippen LogP contribution >= 0.6 is 0 Å². The summed E-state index contributed by atoms with van der Waals surface area (Å²) in [5, 5.41) is 12.8. The second-order valence-corrected chi connectivity index (χ2v) is 13.1. The molecule has 0 aliphatic carbocycles. The molecule has 1 heterocycles. The maximum absolute atomic E-state index is 10.5. The number of hydrogen-bond donors (Lipinski definition) is 1. The van der Waals surface area contributed by atoms with Gasteiger partial charge in [0.05, 0.1) is 11.2 Å². The van der Waals surface area contributed by atoms with Crippen molar-refractivity contribution in [1.29, 1.82) is 0 Å². The highest BCUT2D eigenvalue weighted by Gasteiger charge is 2.35. The van der Waals surface area contributed by atoms with Gasteiger partial charge in [0, 0.05) is 33.4 Å². The third-order valence-electron chi connectivity index (χ3n) is 9.34. The SMILES string of the molecule is CC(C)(O)C(C)(C)OBc1ccc(N(c2ccc(-c3ccccc3)cc2)c2ccc(-c3cccc4c3oc3ccccc34)cc2)cc1. The highest BCUT2D eigenvalue weighted by molar-refractivity contribution is 6.47. The van der Waals surface area contributed by atoms with E-state index in [4.69, 9.17) is 9.07 Å². The molecule has 0 amide bonds. The van der Waals surface area contributed by atoms with Gasteiger partial charge in [0.1, 0.15) is 11.2 Å². The number of furan rings is 1. The van der Waals surface area contributed by atoms with Crippen LogP contribution < -0.4 is 10.4 Å². The molecule has 6 aromatic carbocycles. The van der Waals surface area contributed by atoms with E-state index in [1.807, 2.05) is 32.0 Å². The second-order valence-electron chi connectivity index (χ2n) is 13.1. The van der Waals surface area contributed by atoms with Crippen LogP contribution in [0.5, 0.6) is 0 Å². The van der Waals surface area contributed by atoms with Crippen molar-refractivity contribution in [3.63, 3.8) is 0 Å². The summed E-state index contributed by atoms with van der Waals surface area (Å²) in [5.74, 6) is 0. The normalized spacial score (nSPS) is 12.0. The molecule has 0 unspecified atom stereocenters. The van der Waals surface area contributed by atoms with Gasteiger partial charge in [0.25, 0.3) is 0 Å². The first kappa shape index (κ1) is 30.6. The molecule has 0 saturated carbocycles. The summed E-state index contributed by atoms with van der Waals surface area (Å²) in [7, 11) is 0.408. The van der Waals surface area contributed by atoms with Crippen molar-refractivity contribution in [2.75, 3.05) is 4.90 Å². The smallest absolute Gasteiger partial charge is 0.309 e. The predicted octanol–water partition coefficient (Wildman–Crippen LogP) is 9.93. The molecule has 0 bridgehead atoms. The maximum Gasteiger partial charge on any atom is 0.309 e. The minimum absolute atomic E-state index is 0.408. The van der Waals surface area contributed by atoms with Crippen LogP contribution in [0.15, 0.2) is 150 Å². The lowest BCUT2D eigenvalue weighted by molar-refractivity contribution is -0.0893. The van der Waals surface area contributed by atoms with E-state index in [1.54, 1.807) is 13.8 Å². The fourth-order valence-electron chi connectivity index (χ4n) is 5.83. The standard InChI is InChI=1S/C42H38BNO3/c1-41(2,45)42(3,4)47-43-32-21-27-35(28-22-32)44(33-23-17-30(18-24-33)29-11-6-5-7-12-29)34-25-19-31(20-26-34)36-14-10-15-38-37-13-8-9-16-39(37)46-40(36)38/h5-28,43,45H,1-4H3. The summed E-state index contributed by atoms with van der Waals surface area (Å²) in [6, 6.07) is 50.8. The third-order valence-corrected chi connectivity index (χ3v) is 9.34. The molecule has 7 aromatic rings. The number of benzene rings is 6. The van der Waals surface area contributed by atoms with E-state index in [1.165, 1.54) is 11.1 Å². The van der Waals surface area contributed by atoms with Gasteiger partial charge in [-0.05, 0) is 86.8 Å². The fourth-order valence-corrected chi connectivity index (χ4v) is 5.83. The molecule has 0 aliphatic heterocycles. The van der Waals surface area contributed by atoms with Crippen LogP contribution in [0.1, 0.15) is 27.7 Å². The van der Waals surface area contributed by atoms with E-state index >= 15 is 0 Å². The van der Waals surface area contributed by atoms with Crippen LogP contribution in [-0.4, -0.2) is 23.8 Å². The molecule has 0 aliphatic rings. The van der Waals surface area contributed by atoms with Crippen molar-refractivity contribution in [2.45, 2.75) is 38.9 Å². The van der Waals surface area contributed by atoms with Gasteiger partial charge in [-0.3, -0.25) is 0 Å². The highest BCUT2D eigenvalue weighted by Crippen LogP contribution is 2.39. The van der Waals surface area contributed by atoms with Gasteiger partial charge < -0.3 is 19.1 Å². The Kier molecular flexibility index (Phi) is 7.97. The number of fused-ring (bicyclic) bond motifs is 3. The topological polar surface area (TPSA) is 45.8 Å². The Morgan fingerprint density at radius 3 is 1.72 bits per heavy atom. The fraction of sp³-hybridized carbons (Fsp3) is 0.143. The van der Waals surface area contributed by atoms with Crippen LogP contribution in [-0.2, 0) is 4.65 Å². The van der Waals surface area contributed by atoms with Gasteiger partial charge in [-0.25, -0.2) is 0 Å². The number of para-hydroxylation sites is 2. The van der Waals surface area contributed by atoms with E-state index in [2.05, 4.69) is 132 Å². The molecule has 5 heteroatoms. The molecule has 232 valence electrons. The number of nitrogens with zero attached hydrogens (tertiary/aromatic N) is 1. The van der Waals surface area contributed by atoms with E-state index in [0.29, 0.717) is 7.48 Å². The van der Waals surface area contributed by atoms with Crippen LogP contribution in [0.2, 0.25) is 0 Å². The van der Waals surface area contributed by atoms with Gasteiger partial charge in [-0.1, -0.05) is 109 Å². The van der Waals surface area contributed by atoms with Gasteiger partial charge in [0.2, 0.25) is 0 Å². The van der Waals surface area contributed by atoms with Crippen LogP contribution in [0.4, 0.5) is 17.1 Å². The van der Waals surface area contributed by atoms with Crippen LogP contribution in [0.25, 0.3) is 44.2 Å². The first-order valence-corrected chi connectivity index (χ1v) is 16.1. The Morgan fingerprint density at radius 1 is 0.553 bits per heavy atom. The van der Waals surface area contributed by atoms with Crippen molar-refractivity contribution in [3.8, 4) is 22.3 Å². The van der Waals surface area contributed by atoms with Crippen molar-refractivity contribution < 1.29 is 14.2 Å². The summed E-state index contributed by atoms with van der Waals surface area (Å²) >= 11 is 0. The van der Waals surface area contributed by atoms with Gasteiger partial charge in [0.15, 0.2) is 0 Å². The first-order valence-electron chi connectivity index (χ1n) is 16.1. The quantitative estimate of drug-likeness (QED) is 0.164. The summed E-state index contributed by atoms with van der Waals surface area (Å²) in [4.78, 5) is 2.27. The first-order chi connectivity index (χ1) is 22.7. The minimum atomic E-state index is -0.961. The molecule has 0 saturated heterocycles. The monoisotopic (exact) mass is 615 g/mol. The zero-order valence-electron chi connectivity index (χ0n) is 27.3. The van der Waals surface area contributed by atoms with Gasteiger partial charge in [-0.15, -0.1) is 0 Å². The summed E-state index contributed by atoms with van der Waals surface area (Å²) in [6.07, 6.45) is 0. The molecule has 0 spiro atoms. The van der Waals surface area contributed by atoms with Gasteiger partial charge in [-0.2, -0.15) is 0 Å². The lowest BCUT2D eigenvalue weighted by Gasteiger charge is -2.37. The molecule has 0 atom stereocenters. The number of aliphatic hydroxyl groups is 1. The van der Waals surface area contributed by atoms with Crippen molar-refractivity contribution in [1.82, 2.24) is 0 Å². The molecule has 47 heavy (non-hydrogen) atoms. The number of rotatable bonds is 9. The minimum Gasteiger partial charge on any atom is -0.455 e. The van der Waals surface area contributed by atoms with E-state index < -0.39 is 11.2 Å². The Labute approximate surface area is 277 Å². The van der Waals surface area contributed by atoms with E-state index in [-0.39, 0.29) is 0 Å². The van der Waals surface area contributed by atoms with E-state index in [9.17, 15) is 5.11 Å². The molecular weight excluding hydrogens is 577 g/mol. The second kappa shape index (κ2) is 12.3. The zero-order chi connectivity index (χ0) is 32.6. The lowest BCUT2D eigenvalue weighted by Crippen LogP contribution is -2.49. The van der Waals surface area contributed by atoms with E-state index in [0.717, 1.165) is 55.6 Å². The third kappa shape index (κ3) is 6.08. The Hall–Kier alpha value is -5.10. The lowest BCUT2D eigenvalue weighted by atomic mass is 9.82. The Bertz CT molecular complexity index is 2130. The van der Waals surface area contributed by atoms with Crippen molar-refractivity contribution in [2.24, 2.45) is 0 Å². The molecule has 1 N–H and O–H groups in total. The summed E-state index contributed by atoms with van der Waals surface area (Å²) < 4.78 is 12.5. The average molecular weight is 616 g/mol. The number of hydrogen-bond acceptors (Lipinski definition) is 4. The van der Waals surface area contributed by atoms with Gasteiger partial charge >= 0.3 is 7.48 Å². The Balaban J connectivity index is 1.23. The average Bonchev–Trinajstić information content (AvgIpc) is 3.48. The molecular formula is C42H38BNO3. The summed E-state index contributed by atoms with van der Waals surface area (Å²) in [5.41, 5.74) is 8.86. The van der Waals surface area contributed by atoms with Crippen molar-refractivity contribution >= 4 is 51.9 Å². The molecule has 0 radical (unpaired) electrons. The molecule has 1 aromatic heterocycles. The van der Waals surface area contributed by atoms with Crippen LogP contribution in [0, 0.1) is 0 Å². The molecule has 7 rings (SSSR count).